The van der Waals surface area contributed by atoms with Crippen molar-refractivity contribution in [3.8, 4) is 0 Å². The summed E-state index contributed by atoms with van der Waals surface area (Å²) in [6, 6.07) is 9.76. The molecule has 0 aliphatic rings. The Hall–Kier alpha value is -1.94. The first-order valence-corrected chi connectivity index (χ1v) is 5.68. The number of anilines is 1. The van der Waals surface area contributed by atoms with Crippen molar-refractivity contribution >= 4 is 23.2 Å². The highest BCUT2D eigenvalue weighted by Crippen LogP contribution is 2.16. The molecule has 0 aliphatic carbocycles. The summed E-state index contributed by atoms with van der Waals surface area (Å²) in [7, 11) is 0. The van der Waals surface area contributed by atoms with Crippen LogP contribution in [0.4, 0.5) is 10.1 Å². The van der Waals surface area contributed by atoms with Gasteiger partial charge in [0.1, 0.15) is 0 Å². The van der Waals surface area contributed by atoms with Crippen molar-refractivity contribution in [1.82, 2.24) is 4.98 Å². The molecule has 1 aromatic carbocycles. The monoisotopic (exact) mass is 264 g/mol. The molecule has 3 nitrogen and oxygen atoms in total. The van der Waals surface area contributed by atoms with Crippen LogP contribution in [0.3, 0.4) is 0 Å². The van der Waals surface area contributed by atoms with E-state index in [0.717, 1.165) is 5.56 Å². The quantitative estimate of drug-likeness (QED) is 0.866. The Labute approximate surface area is 109 Å². The molecule has 1 N–H and O–H groups in total. The Balaban J connectivity index is 2.01. The molecule has 0 aliphatic heterocycles. The molecule has 0 fully saturated rings. The van der Waals surface area contributed by atoms with Crippen LogP contribution in [-0.2, 0) is 11.2 Å². The SMILES string of the molecule is O=C(Cc1ccccc1Cl)Nc1ccc(F)nc1. The normalized spacial score (nSPS) is 10.1. The second-order valence-corrected chi connectivity index (χ2v) is 4.09. The van der Waals surface area contributed by atoms with Crippen molar-refractivity contribution < 1.29 is 9.18 Å². The van der Waals surface area contributed by atoms with Crippen LogP contribution in [0.15, 0.2) is 42.6 Å². The fraction of sp³-hybridized carbons (Fsp3) is 0.0769. The minimum absolute atomic E-state index is 0.164. The van der Waals surface area contributed by atoms with Gasteiger partial charge in [0.05, 0.1) is 18.3 Å². The molecule has 2 rings (SSSR count). The lowest BCUT2D eigenvalue weighted by Gasteiger charge is -2.06. The van der Waals surface area contributed by atoms with Crippen LogP contribution in [0.5, 0.6) is 0 Å². The van der Waals surface area contributed by atoms with Crippen molar-refractivity contribution in [2.24, 2.45) is 0 Å². The number of nitrogens with zero attached hydrogens (tertiary/aromatic N) is 1. The summed E-state index contributed by atoms with van der Waals surface area (Å²) >= 11 is 5.95. The first-order valence-electron chi connectivity index (χ1n) is 5.30. The predicted molar refractivity (Wildman–Crippen MR) is 68.0 cm³/mol. The van der Waals surface area contributed by atoms with Gasteiger partial charge in [0, 0.05) is 5.02 Å². The second-order valence-electron chi connectivity index (χ2n) is 3.69. The Morgan fingerprint density at radius 1 is 1.28 bits per heavy atom. The molecule has 92 valence electrons. The molecule has 0 saturated heterocycles. The number of carbonyl (C=O) groups is 1. The maximum absolute atomic E-state index is 12.6. The van der Waals surface area contributed by atoms with Gasteiger partial charge in [0.2, 0.25) is 11.9 Å². The lowest BCUT2D eigenvalue weighted by atomic mass is 10.1. The molecule has 5 heteroatoms. The average Bonchev–Trinajstić information content (AvgIpc) is 2.35. The van der Waals surface area contributed by atoms with E-state index in [9.17, 15) is 9.18 Å². The van der Waals surface area contributed by atoms with Crippen LogP contribution in [-0.4, -0.2) is 10.9 Å². The molecule has 0 unspecified atom stereocenters. The summed E-state index contributed by atoms with van der Waals surface area (Å²) in [6.07, 6.45) is 1.43. The highest BCUT2D eigenvalue weighted by atomic mass is 35.5. The van der Waals surface area contributed by atoms with Crippen LogP contribution in [0.2, 0.25) is 5.02 Å². The number of benzene rings is 1. The van der Waals surface area contributed by atoms with Crippen molar-refractivity contribution in [1.29, 1.82) is 0 Å². The number of halogens is 2. The van der Waals surface area contributed by atoms with Gasteiger partial charge in [-0.05, 0) is 23.8 Å². The molecular formula is C13H10ClFN2O. The smallest absolute Gasteiger partial charge is 0.228 e. The van der Waals surface area contributed by atoms with Gasteiger partial charge in [-0.3, -0.25) is 4.79 Å². The second kappa shape index (κ2) is 5.60. The van der Waals surface area contributed by atoms with E-state index in [-0.39, 0.29) is 12.3 Å². The number of nitrogens with one attached hydrogen (secondary N) is 1. The summed E-state index contributed by atoms with van der Waals surface area (Å²) in [6.45, 7) is 0. The zero-order valence-electron chi connectivity index (χ0n) is 9.36. The van der Waals surface area contributed by atoms with Crippen LogP contribution in [0.1, 0.15) is 5.56 Å². The van der Waals surface area contributed by atoms with Crippen molar-refractivity contribution in [3.63, 3.8) is 0 Å². The third kappa shape index (κ3) is 3.28. The van der Waals surface area contributed by atoms with Gasteiger partial charge in [0.25, 0.3) is 0 Å². The number of hydrogen-bond acceptors (Lipinski definition) is 2. The first kappa shape index (κ1) is 12.5. The number of rotatable bonds is 3. The van der Waals surface area contributed by atoms with Gasteiger partial charge in [0.15, 0.2) is 0 Å². The lowest BCUT2D eigenvalue weighted by Crippen LogP contribution is -2.14. The Morgan fingerprint density at radius 3 is 2.72 bits per heavy atom. The molecule has 0 bridgehead atoms. The third-order valence-corrected chi connectivity index (χ3v) is 2.69. The van der Waals surface area contributed by atoms with E-state index in [1.54, 1.807) is 18.2 Å². The molecule has 0 atom stereocenters. The van der Waals surface area contributed by atoms with Gasteiger partial charge in [-0.1, -0.05) is 29.8 Å². The van der Waals surface area contributed by atoms with E-state index in [1.165, 1.54) is 18.3 Å². The van der Waals surface area contributed by atoms with Crippen molar-refractivity contribution in [2.75, 3.05) is 5.32 Å². The molecule has 1 heterocycles. The summed E-state index contributed by atoms with van der Waals surface area (Å²) in [5.41, 5.74) is 1.19. The van der Waals surface area contributed by atoms with Crippen LogP contribution in [0, 0.1) is 5.95 Å². The maximum Gasteiger partial charge on any atom is 0.228 e. The minimum atomic E-state index is -0.584. The topological polar surface area (TPSA) is 42.0 Å². The first-order chi connectivity index (χ1) is 8.65. The van der Waals surface area contributed by atoms with Gasteiger partial charge in [-0.15, -0.1) is 0 Å². The fourth-order valence-electron chi connectivity index (χ4n) is 1.47. The predicted octanol–water partition coefficient (Wildman–Crippen LogP) is 3.06. The van der Waals surface area contributed by atoms with Gasteiger partial charge < -0.3 is 5.32 Å². The molecular weight excluding hydrogens is 255 g/mol. The van der Waals surface area contributed by atoms with E-state index in [2.05, 4.69) is 10.3 Å². The zero-order chi connectivity index (χ0) is 13.0. The molecule has 0 saturated carbocycles. The van der Waals surface area contributed by atoms with Crippen LogP contribution < -0.4 is 5.32 Å². The standard InChI is InChI=1S/C13H10ClFN2O/c14-11-4-2-1-3-9(11)7-13(18)17-10-5-6-12(15)16-8-10/h1-6,8H,7H2,(H,17,18). The summed E-state index contributed by atoms with van der Waals surface area (Å²) < 4.78 is 12.6. The maximum atomic E-state index is 12.6. The summed E-state index contributed by atoms with van der Waals surface area (Å²) in [4.78, 5) is 15.2. The molecule has 2 aromatic rings. The molecule has 1 aromatic heterocycles. The molecule has 0 radical (unpaired) electrons. The number of pyridine rings is 1. The van der Waals surface area contributed by atoms with Crippen molar-refractivity contribution in [2.45, 2.75) is 6.42 Å². The Morgan fingerprint density at radius 2 is 2.06 bits per heavy atom. The highest BCUT2D eigenvalue weighted by molar-refractivity contribution is 6.31. The van der Waals surface area contributed by atoms with Gasteiger partial charge in [-0.2, -0.15) is 4.39 Å². The van der Waals surface area contributed by atoms with Crippen LogP contribution >= 0.6 is 11.6 Å². The summed E-state index contributed by atoms with van der Waals surface area (Å²) in [5, 5.41) is 3.16. The van der Waals surface area contributed by atoms with Crippen LogP contribution in [0.25, 0.3) is 0 Å². The molecule has 18 heavy (non-hydrogen) atoms. The molecule has 0 spiro atoms. The zero-order valence-corrected chi connectivity index (χ0v) is 10.1. The van der Waals surface area contributed by atoms with E-state index < -0.39 is 5.95 Å². The van der Waals surface area contributed by atoms with Crippen molar-refractivity contribution in [3.05, 3.63) is 59.1 Å². The molecule has 1 amide bonds. The Kier molecular flexibility index (Phi) is 3.89. The van der Waals surface area contributed by atoms with E-state index in [1.807, 2.05) is 6.07 Å². The Bertz CT molecular complexity index is 557. The number of hydrogen-bond donors (Lipinski definition) is 1. The highest BCUT2D eigenvalue weighted by Gasteiger charge is 2.07. The average molecular weight is 265 g/mol. The summed E-state index contributed by atoms with van der Waals surface area (Å²) in [5.74, 6) is -0.810. The largest absolute Gasteiger partial charge is 0.324 e. The van der Waals surface area contributed by atoms with E-state index >= 15 is 0 Å². The van der Waals surface area contributed by atoms with Gasteiger partial charge in [-0.25, -0.2) is 4.98 Å². The number of aromatic nitrogens is 1. The number of carbonyl (C=O) groups excluding carboxylic acids is 1. The number of amides is 1. The third-order valence-electron chi connectivity index (χ3n) is 2.32. The fourth-order valence-corrected chi connectivity index (χ4v) is 1.67. The lowest BCUT2D eigenvalue weighted by molar-refractivity contribution is -0.115. The van der Waals surface area contributed by atoms with E-state index in [0.29, 0.717) is 10.7 Å². The minimum Gasteiger partial charge on any atom is -0.324 e. The van der Waals surface area contributed by atoms with E-state index in [4.69, 9.17) is 11.6 Å². The van der Waals surface area contributed by atoms with Gasteiger partial charge >= 0.3 is 0 Å².